The Morgan fingerprint density at radius 3 is 2.69 bits per heavy atom. The van der Waals surface area contributed by atoms with Crippen molar-refractivity contribution in [1.29, 1.82) is 0 Å². The molecule has 2 atom stereocenters. The van der Waals surface area contributed by atoms with Gasteiger partial charge in [-0.25, -0.2) is 4.98 Å². The fourth-order valence-corrected chi connectivity index (χ4v) is 5.14. The molecular weight excluding hydrogens is 452 g/mol. The summed E-state index contributed by atoms with van der Waals surface area (Å²) in [4.78, 5) is 44.9. The monoisotopic (exact) mass is 474 g/mol. The molecular formula is C22H23ClN4O4S. The summed E-state index contributed by atoms with van der Waals surface area (Å²) in [6, 6.07) is 5.78. The average molecular weight is 475 g/mol. The maximum absolute atomic E-state index is 12.9. The van der Waals surface area contributed by atoms with E-state index in [0.717, 1.165) is 0 Å². The number of rotatable bonds is 4. The van der Waals surface area contributed by atoms with Crippen LogP contribution in [-0.2, 0) is 11.3 Å². The molecule has 168 valence electrons. The van der Waals surface area contributed by atoms with Crippen LogP contribution in [0.3, 0.4) is 0 Å². The molecule has 2 amide bonds. The van der Waals surface area contributed by atoms with Crippen molar-refractivity contribution in [2.45, 2.75) is 26.4 Å². The zero-order chi connectivity index (χ0) is 23.0. The van der Waals surface area contributed by atoms with Crippen molar-refractivity contribution in [2.24, 2.45) is 11.8 Å². The Labute approximate surface area is 193 Å². The summed E-state index contributed by atoms with van der Waals surface area (Å²) in [5.74, 6) is -0.598. The van der Waals surface area contributed by atoms with Gasteiger partial charge in [0.15, 0.2) is 0 Å². The van der Waals surface area contributed by atoms with Crippen LogP contribution < -0.4 is 10.9 Å². The van der Waals surface area contributed by atoms with E-state index in [-0.39, 0.29) is 58.1 Å². The van der Waals surface area contributed by atoms with E-state index in [9.17, 15) is 19.5 Å². The first-order chi connectivity index (χ1) is 15.2. The Balaban J connectivity index is 1.43. The molecule has 3 aromatic rings. The van der Waals surface area contributed by atoms with E-state index >= 15 is 0 Å². The lowest BCUT2D eigenvalue weighted by Gasteiger charge is -2.41. The molecule has 2 unspecified atom stereocenters. The molecule has 32 heavy (non-hydrogen) atoms. The van der Waals surface area contributed by atoms with Gasteiger partial charge in [0.2, 0.25) is 5.91 Å². The Bertz CT molecular complexity index is 1230. The van der Waals surface area contributed by atoms with Crippen LogP contribution in [0.4, 0.5) is 0 Å². The first kappa shape index (κ1) is 22.3. The minimum atomic E-state index is -0.365. The quantitative estimate of drug-likeness (QED) is 0.605. The third-order valence-electron chi connectivity index (χ3n) is 5.84. The molecule has 2 N–H and O–H groups in total. The van der Waals surface area contributed by atoms with Gasteiger partial charge in [-0.05, 0) is 41.5 Å². The van der Waals surface area contributed by atoms with Crippen LogP contribution in [-0.4, -0.2) is 50.5 Å². The van der Waals surface area contributed by atoms with Crippen molar-refractivity contribution in [2.75, 3.05) is 13.1 Å². The maximum Gasteiger partial charge on any atom is 0.262 e. The van der Waals surface area contributed by atoms with Gasteiger partial charge in [0.25, 0.3) is 11.5 Å². The minimum absolute atomic E-state index is 0.0167. The number of amides is 2. The summed E-state index contributed by atoms with van der Waals surface area (Å²) >= 11 is 7.49. The first-order valence-corrected chi connectivity index (χ1v) is 11.5. The number of piperidine rings is 1. The van der Waals surface area contributed by atoms with Crippen molar-refractivity contribution in [3.63, 3.8) is 0 Å². The third-order valence-corrected chi connectivity index (χ3v) is 6.99. The van der Waals surface area contributed by atoms with E-state index in [1.54, 1.807) is 16.3 Å². The van der Waals surface area contributed by atoms with E-state index in [1.807, 2.05) is 13.8 Å². The number of halogens is 1. The molecule has 1 saturated heterocycles. The molecule has 1 aromatic carbocycles. The normalized spacial score (nSPS) is 21.0. The predicted octanol–water partition coefficient (Wildman–Crippen LogP) is 2.73. The Kier molecular flexibility index (Phi) is 6.21. The zero-order valence-corrected chi connectivity index (χ0v) is 19.2. The summed E-state index contributed by atoms with van der Waals surface area (Å²) in [5, 5.41) is 15.2. The molecule has 0 saturated carbocycles. The van der Waals surface area contributed by atoms with Gasteiger partial charge >= 0.3 is 0 Å². The Hall–Kier alpha value is -2.91. The van der Waals surface area contributed by atoms with Gasteiger partial charge in [0.1, 0.15) is 17.1 Å². The van der Waals surface area contributed by atoms with Gasteiger partial charge in [0, 0.05) is 19.1 Å². The number of likely N-dealkylation sites (tertiary alicyclic amines) is 1. The van der Waals surface area contributed by atoms with Crippen molar-refractivity contribution in [1.82, 2.24) is 19.8 Å². The largest absolute Gasteiger partial charge is 0.508 e. The second kappa shape index (κ2) is 8.91. The molecule has 1 aliphatic heterocycles. The second-order valence-corrected chi connectivity index (χ2v) is 9.54. The average Bonchev–Trinajstić information content (AvgIpc) is 3.23. The molecule has 0 bridgehead atoms. The van der Waals surface area contributed by atoms with Crippen LogP contribution in [0.25, 0.3) is 10.2 Å². The fraction of sp³-hybridized carbons (Fsp3) is 0.364. The van der Waals surface area contributed by atoms with Crippen LogP contribution in [0.1, 0.15) is 24.2 Å². The highest BCUT2D eigenvalue weighted by Crippen LogP contribution is 2.25. The molecule has 4 rings (SSSR count). The molecule has 3 heterocycles. The van der Waals surface area contributed by atoms with Crippen molar-refractivity contribution >= 4 is 45.0 Å². The van der Waals surface area contributed by atoms with E-state index in [1.165, 1.54) is 40.4 Å². The number of benzene rings is 1. The number of carbonyl (C=O) groups excluding carboxylic acids is 2. The van der Waals surface area contributed by atoms with Gasteiger partial charge in [-0.15, -0.1) is 11.3 Å². The number of phenolic OH excluding ortho intramolecular Hbond substituents is 1. The summed E-state index contributed by atoms with van der Waals surface area (Å²) in [6.45, 7) is 4.76. The summed E-state index contributed by atoms with van der Waals surface area (Å²) in [6.07, 6.45) is 1.41. The van der Waals surface area contributed by atoms with Crippen molar-refractivity contribution in [3.05, 3.63) is 56.9 Å². The van der Waals surface area contributed by atoms with Gasteiger partial charge < -0.3 is 15.3 Å². The SMILES string of the molecule is CC1CN(C(=O)Cn2cnc3sccc3c2=O)CC(C)C1NC(=O)c1cc(O)ccc1Cl. The summed E-state index contributed by atoms with van der Waals surface area (Å²) < 4.78 is 1.34. The van der Waals surface area contributed by atoms with Crippen LogP contribution in [0.2, 0.25) is 5.02 Å². The lowest BCUT2D eigenvalue weighted by atomic mass is 9.85. The smallest absolute Gasteiger partial charge is 0.262 e. The number of carbonyl (C=O) groups is 2. The molecule has 8 nitrogen and oxygen atoms in total. The number of hydrogen-bond donors (Lipinski definition) is 2. The number of phenols is 1. The predicted molar refractivity (Wildman–Crippen MR) is 123 cm³/mol. The summed E-state index contributed by atoms with van der Waals surface area (Å²) in [7, 11) is 0. The number of nitrogens with one attached hydrogen (secondary N) is 1. The topological polar surface area (TPSA) is 105 Å². The second-order valence-electron chi connectivity index (χ2n) is 8.23. The highest BCUT2D eigenvalue weighted by molar-refractivity contribution is 7.16. The van der Waals surface area contributed by atoms with Gasteiger partial charge in [-0.3, -0.25) is 19.0 Å². The van der Waals surface area contributed by atoms with E-state index in [2.05, 4.69) is 10.3 Å². The molecule has 0 spiro atoms. The molecule has 1 fully saturated rings. The van der Waals surface area contributed by atoms with Gasteiger partial charge in [-0.1, -0.05) is 25.4 Å². The molecule has 1 aliphatic rings. The van der Waals surface area contributed by atoms with Crippen molar-refractivity contribution in [3.8, 4) is 5.75 Å². The van der Waals surface area contributed by atoms with E-state index in [0.29, 0.717) is 23.3 Å². The number of thiophene rings is 1. The lowest BCUT2D eigenvalue weighted by Crippen LogP contribution is -2.56. The maximum atomic E-state index is 12.9. The molecule has 0 radical (unpaired) electrons. The first-order valence-electron chi connectivity index (χ1n) is 10.2. The lowest BCUT2D eigenvalue weighted by molar-refractivity contribution is -0.135. The van der Waals surface area contributed by atoms with Crippen molar-refractivity contribution < 1.29 is 14.7 Å². The number of fused-ring (bicyclic) bond motifs is 1. The highest BCUT2D eigenvalue weighted by atomic mass is 35.5. The zero-order valence-electron chi connectivity index (χ0n) is 17.6. The Morgan fingerprint density at radius 2 is 1.97 bits per heavy atom. The number of aromatic nitrogens is 2. The van der Waals surface area contributed by atoms with Crippen LogP contribution >= 0.6 is 22.9 Å². The molecule has 0 aliphatic carbocycles. The van der Waals surface area contributed by atoms with E-state index < -0.39 is 0 Å². The van der Waals surface area contributed by atoms with Crippen LogP contribution in [0, 0.1) is 11.8 Å². The third kappa shape index (κ3) is 4.35. The number of aromatic hydroxyl groups is 1. The highest BCUT2D eigenvalue weighted by Gasteiger charge is 2.35. The summed E-state index contributed by atoms with van der Waals surface area (Å²) in [5.41, 5.74) is -0.0175. The van der Waals surface area contributed by atoms with Gasteiger partial charge in [-0.2, -0.15) is 0 Å². The number of hydrogen-bond acceptors (Lipinski definition) is 6. The number of nitrogens with zero attached hydrogens (tertiary/aromatic N) is 3. The van der Waals surface area contributed by atoms with Crippen LogP contribution in [0.5, 0.6) is 5.75 Å². The minimum Gasteiger partial charge on any atom is -0.508 e. The standard InChI is InChI=1S/C22H23ClN4O4S/c1-12-8-26(18(29)10-27-11-24-21-15(22(27)31)5-6-32-21)9-13(2)19(12)25-20(30)16-7-14(28)3-4-17(16)23/h3-7,11-13,19,28H,8-10H2,1-2H3,(H,25,30). The molecule has 10 heteroatoms. The van der Waals surface area contributed by atoms with E-state index in [4.69, 9.17) is 11.6 Å². The fourth-order valence-electron chi connectivity index (χ4n) is 4.21. The Morgan fingerprint density at radius 1 is 1.25 bits per heavy atom. The van der Waals surface area contributed by atoms with Gasteiger partial charge in [0.05, 0.1) is 22.3 Å². The molecule has 2 aromatic heterocycles. The van der Waals surface area contributed by atoms with Crippen LogP contribution in [0.15, 0.2) is 40.8 Å².